The Morgan fingerprint density at radius 3 is 2.72 bits per heavy atom. The number of halogens is 2. The van der Waals surface area contributed by atoms with Crippen molar-refractivity contribution in [2.24, 2.45) is 0 Å². The second-order valence-electron chi connectivity index (χ2n) is 4.93. The molecule has 0 aliphatic rings. The van der Waals surface area contributed by atoms with E-state index in [0.29, 0.717) is 6.54 Å². The van der Waals surface area contributed by atoms with Crippen LogP contribution >= 0.6 is 15.9 Å². The first kappa shape index (κ1) is 15.1. The van der Waals surface area contributed by atoms with Crippen molar-refractivity contribution in [1.82, 2.24) is 5.32 Å². The molecule has 3 nitrogen and oxygen atoms in total. The Balaban J connectivity index is 2.42. The van der Waals surface area contributed by atoms with Gasteiger partial charge < -0.3 is 10.1 Å². The smallest absolute Gasteiger partial charge is 0.320 e. The van der Waals surface area contributed by atoms with Crippen molar-refractivity contribution in [3.63, 3.8) is 0 Å². The van der Waals surface area contributed by atoms with E-state index in [4.69, 9.17) is 4.74 Å². The number of hydrogen-bond donors (Lipinski definition) is 1. The standard InChI is InChI=1S/C13H17BrFNO2/c1-13(2,3)18-12(17)8-16-7-9-6-10(15)4-5-11(9)14/h4-6,16H,7-8H2,1-3H3. The van der Waals surface area contributed by atoms with Crippen molar-refractivity contribution in [2.45, 2.75) is 32.9 Å². The molecule has 18 heavy (non-hydrogen) atoms. The first-order valence-electron chi connectivity index (χ1n) is 5.64. The zero-order valence-corrected chi connectivity index (χ0v) is 12.3. The fourth-order valence-corrected chi connectivity index (χ4v) is 1.74. The summed E-state index contributed by atoms with van der Waals surface area (Å²) in [7, 11) is 0. The molecular formula is C13H17BrFNO2. The SMILES string of the molecule is CC(C)(C)OC(=O)CNCc1cc(F)ccc1Br. The molecule has 1 rings (SSSR count). The van der Waals surface area contributed by atoms with Gasteiger partial charge in [0.05, 0.1) is 6.54 Å². The maximum Gasteiger partial charge on any atom is 0.320 e. The third-order valence-corrected chi connectivity index (χ3v) is 2.79. The molecule has 0 unspecified atom stereocenters. The zero-order chi connectivity index (χ0) is 13.8. The van der Waals surface area contributed by atoms with E-state index < -0.39 is 5.60 Å². The third-order valence-electron chi connectivity index (χ3n) is 2.01. The minimum atomic E-state index is -0.488. The van der Waals surface area contributed by atoms with Crippen LogP contribution in [-0.2, 0) is 16.1 Å². The normalized spacial score (nSPS) is 11.4. The van der Waals surface area contributed by atoms with Crippen molar-refractivity contribution in [3.8, 4) is 0 Å². The minimum Gasteiger partial charge on any atom is -0.459 e. The molecule has 0 atom stereocenters. The molecular weight excluding hydrogens is 301 g/mol. The topological polar surface area (TPSA) is 38.3 Å². The van der Waals surface area contributed by atoms with Gasteiger partial charge in [-0.3, -0.25) is 4.79 Å². The molecule has 0 heterocycles. The Bertz CT molecular complexity index is 429. The highest BCUT2D eigenvalue weighted by molar-refractivity contribution is 9.10. The Morgan fingerprint density at radius 1 is 1.44 bits per heavy atom. The van der Waals surface area contributed by atoms with Crippen molar-refractivity contribution < 1.29 is 13.9 Å². The van der Waals surface area contributed by atoms with Crippen LogP contribution in [0.15, 0.2) is 22.7 Å². The molecule has 0 amide bonds. The summed E-state index contributed by atoms with van der Waals surface area (Å²) in [5.41, 5.74) is 0.275. The number of carbonyl (C=O) groups excluding carboxylic acids is 1. The summed E-state index contributed by atoms with van der Waals surface area (Å²) in [6, 6.07) is 4.44. The van der Waals surface area contributed by atoms with E-state index in [1.807, 2.05) is 20.8 Å². The van der Waals surface area contributed by atoms with E-state index in [2.05, 4.69) is 21.2 Å². The van der Waals surface area contributed by atoms with Crippen LogP contribution in [0.4, 0.5) is 4.39 Å². The lowest BCUT2D eigenvalue weighted by Gasteiger charge is -2.19. The van der Waals surface area contributed by atoms with Gasteiger partial charge in [-0.1, -0.05) is 15.9 Å². The molecule has 0 bridgehead atoms. The van der Waals surface area contributed by atoms with E-state index >= 15 is 0 Å². The molecule has 100 valence electrons. The van der Waals surface area contributed by atoms with Crippen molar-refractivity contribution in [2.75, 3.05) is 6.54 Å². The first-order chi connectivity index (χ1) is 8.28. The van der Waals surface area contributed by atoms with Gasteiger partial charge in [-0.15, -0.1) is 0 Å². The van der Waals surface area contributed by atoms with Crippen molar-refractivity contribution in [1.29, 1.82) is 0 Å². The van der Waals surface area contributed by atoms with Gasteiger partial charge in [-0.25, -0.2) is 4.39 Å². The third kappa shape index (κ3) is 5.60. The molecule has 0 radical (unpaired) electrons. The van der Waals surface area contributed by atoms with Gasteiger partial charge in [0.15, 0.2) is 0 Å². The van der Waals surface area contributed by atoms with Gasteiger partial charge in [-0.05, 0) is 44.5 Å². The van der Waals surface area contributed by atoms with E-state index in [1.165, 1.54) is 12.1 Å². The predicted octanol–water partition coefficient (Wildman–Crippen LogP) is 3.02. The fourth-order valence-electron chi connectivity index (χ4n) is 1.36. The maximum absolute atomic E-state index is 13.0. The van der Waals surface area contributed by atoms with Crippen LogP contribution in [0.2, 0.25) is 0 Å². The summed E-state index contributed by atoms with van der Waals surface area (Å²) in [6.45, 7) is 5.94. The Hall–Kier alpha value is -0.940. The van der Waals surface area contributed by atoms with Crippen LogP contribution in [-0.4, -0.2) is 18.1 Å². The molecule has 0 aliphatic carbocycles. The summed E-state index contributed by atoms with van der Waals surface area (Å²) in [4.78, 5) is 11.4. The average molecular weight is 318 g/mol. The van der Waals surface area contributed by atoms with E-state index in [0.717, 1.165) is 10.0 Å². The Labute approximate surface area is 115 Å². The number of ether oxygens (including phenoxy) is 1. The van der Waals surface area contributed by atoms with Crippen LogP contribution in [0.25, 0.3) is 0 Å². The van der Waals surface area contributed by atoms with Crippen molar-refractivity contribution >= 4 is 21.9 Å². The second kappa shape index (κ2) is 6.29. The zero-order valence-electron chi connectivity index (χ0n) is 10.7. The molecule has 5 heteroatoms. The van der Waals surface area contributed by atoms with E-state index in [1.54, 1.807) is 6.07 Å². The highest BCUT2D eigenvalue weighted by atomic mass is 79.9. The quantitative estimate of drug-likeness (QED) is 0.867. The van der Waals surface area contributed by atoms with Crippen LogP contribution in [0.5, 0.6) is 0 Å². The summed E-state index contributed by atoms with van der Waals surface area (Å²) in [6.07, 6.45) is 0. The van der Waals surface area contributed by atoms with Crippen LogP contribution in [0.1, 0.15) is 26.3 Å². The Morgan fingerprint density at radius 2 is 2.11 bits per heavy atom. The molecule has 0 saturated heterocycles. The van der Waals surface area contributed by atoms with Gasteiger partial charge in [0.2, 0.25) is 0 Å². The average Bonchev–Trinajstić information content (AvgIpc) is 2.20. The first-order valence-corrected chi connectivity index (χ1v) is 6.44. The van der Waals surface area contributed by atoms with Gasteiger partial charge in [0.25, 0.3) is 0 Å². The van der Waals surface area contributed by atoms with Gasteiger partial charge in [0.1, 0.15) is 11.4 Å². The number of rotatable bonds is 4. The predicted molar refractivity (Wildman–Crippen MR) is 71.7 cm³/mol. The molecule has 1 aromatic rings. The largest absolute Gasteiger partial charge is 0.459 e. The summed E-state index contributed by atoms with van der Waals surface area (Å²) in [5.74, 6) is -0.623. The highest BCUT2D eigenvalue weighted by Crippen LogP contribution is 2.17. The fraction of sp³-hybridized carbons (Fsp3) is 0.462. The molecule has 1 aromatic carbocycles. The lowest BCUT2D eigenvalue weighted by atomic mass is 10.2. The van der Waals surface area contributed by atoms with Gasteiger partial charge >= 0.3 is 5.97 Å². The van der Waals surface area contributed by atoms with E-state index in [9.17, 15) is 9.18 Å². The van der Waals surface area contributed by atoms with Crippen LogP contribution < -0.4 is 5.32 Å². The Kier molecular flexibility index (Phi) is 5.28. The van der Waals surface area contributed by atoms with Crippen LogP contribution in [0, 0.1) is 5.82 Å². The summed E-state index contributed by atoms with van der Waals surface area (Å²) < 4.78 is 19.0. The van der Waals surface area contributed by atoms with Crippen LogP contribution in [0.3, 0.4) is 0 Å². The number of hydrogen-bond acceptors (Lipinski definition) is 3. The van der Waals surface area contributed by atoms with Gasteiger partial charge in [-0.2, -0.15) is 0 Å². The number of benzene rings is 1. The number of nitrogens with one attached hydrogen (secondary N) is 1. The summed E-state index contributed by atoms with van der Waals surface area (Å²) >= 11 is 3.32. The van der Waals surface area contributed by atoms with Crippen molar-refractivity contribution in [3.05, 3.63) is 34.1 Å². The monoisotopic (exact) mass is 317 g/mol. The summed E-state index contributed by atoms with van der Waals surface area (Å²) in [5, 5.41) is 2.92. The molecule has 0 aliphatic heterocycles. The molecule has 0 saturated carbocycles. The number of carbonyl (C=O) groups is 1. The highest BCUT2D eigenvalue weighted by Gasteiger charge is 2.15. The minimum absolute atomic E-state index is 0.0974. The number of esters is 1. The van der Waals surface area contributed by atoms with E-state index in [-0.39, 0.29) is 18.3 Å². The second-order valence-corrected chi connectivity index (χ2v) is 5.78. The lowest BCUT2D eigenvalue weighted by molar-refractivity contribution is -0.153. The molecule has 0 spiro atoms. The van der Waals surface area contributed by atoms with Gasteiger partial charge in [0, 0.05) is 11.0 Å². The lowest BCUT2D eigenvalue weighted by Crippen LogP contribution is -2.31. The maximum atomic E-state index is 13.0. The molecule has 1 N–H and O–H groups in total. The molecule has 0 aromatic heterocycles. The molecule has 0 fully saturated rings.